The molecule has 1 unspecified atom stereocenters. The van der Waals surface area contributed by atoms with Crippen LogP contribution in [-0.2, 0) is 11.2 Å². The third-order valence-electron chi connectivity index (χ3n) is 3.51. The predicted molar refractivity (Wildman–Crippen MR) is 75.8 cm³/mol. The molecule has 0 radical (unpaired) electrons. The van der Waals surface area contributed by atoms with Crippen molar-refractivity contribution >= 4 is 5.78 Å². The highest BCUT2D eigenvalue weighted by Crippen LogP contribution is 2.21. The SMILES string of the molecule is CC(=O)C([C@@H](O)C(C)C)[C@H](O)CCc1ccccc1. The van der Waals surface area contributed by atoms with Crippen LogP contribution in [0.15, 0.2) is 30.3 Å². The number of rotatable bonds is 7. The molecule has 0 bridgehead atoms. The summed E-state index contributed by atoms with van der Waals surface area (Å²) in [6.07, 6.45) is -0.396. The zero-order valence-electron chi connectivity index (χ0n) is 11.9. The number of carbonyl (C=O) groups excluding carboxylic acids is 1. The van der Waals surface area contributed by atoms with Crippen molar-refractivity contribution in [1.82, 2.24) is 0 Å². The second-order valence-electron chi connectivity index (χ2n) is 5.46. The molecule has 0 amide bonds. The maximum atomic E-state index is 11.6. The molecule has 0 aliphatic carbocycles. The first-order chi connectivity index (χ1) is 8.93. The number of aryl methyl sites for hydroxylation is 1. The van der Waals surface area contributed by atoms with Crippen LogP contribution < -0.4 is 0 Å². The lowest BCUT2D eigenvalue weighted by Gasteiger charge is -2.28. The van der Waals surface area contributed by atoms with Crippen molar-refractivity contribution in [3.8, 4) is 0 Å². The second-order valence-corrected chi connectivity index (χ2v) is 5.46. The monoisotopic (exact) mass is 264 g/mol. The molecular weight excluding hydrogens is 240 g/mol. The fourth-order valence-electron chi connectivity index (χ4n) is 2.29. The quantitative estimate of drug-likeness (QED) is 0.794. The van der Waals surface area contributed by atoms with Crippen molar-refractivity contribution in [2.75, 3.05) is 0 Å². The average Bonchev–Trinajstić information content (AvgIpc) is 2.37. The van der Waals surface area contributed by atoms with Crippen molar-refractivity contribution in [3.63, 3.8) is 0 Å². The van der Waals surface area contributed by atoms with Gasteiger partial charge in [-0.3, -0.25) is 4.79 Å². The number of carbonyl (C=O) groups is 1. The molecule has 3 nitrogen and oxygen atoms in total. The Balaban J connectivity index is 2.63. The first-order valence-electron chi connectivity index (χ1n) is 6.84. The molecule has 19 heavy (non-hydrogen) atoms. The summed E-state index contributed by atoms with van der Waals surface area (Å²) < 4.78 is 0. The maximum Gasteiger partial charge on any atom is 0.138 e. The highest BCUT2D eigenvalue weighted by molar-refractivity contribution is 5.79. The fraction of sp³-hybridized carbons (Fsp3) is 0.562. The molecule has 0 aliphatic rings. The lowest BCUT2D eigenvalue weighted by molar-refractivity contribution is -0.131. The van der Waals surface area contributed by atoms with Crippen molar-refractivity contribution in [1.29, 1.82) is 0 Å². The summed E-state index contributed by atoms with van der Waals surface area (Å²) in [7, 11) is 0. The molecule has 0 aromatic heterocycles. The van der Waals surface area contributed by atoms with Gasteiger partial charge in [-0.2, -0.15) is 0 Å². The number of aliphatic hydroxyl groups is 2. The zero-order valence-corrected chi connectivity index (χ0v) is 11.9. The van der Waals surface area contributed by atoms with Crippen LogP contribution in [-0.4, -0.2) is 28.2 Å². The van der Waals surface area contributed by atoms with E-state index in [-0.39, 0.29) is 11.7 Å². The standard InChI is InChI=1S/C16H24O3/c1-11(2)16(19)15(12(3)17)14(18)10-9-13-7-5-4-6-8-13/h4-8,11,14-16,18-19H,9-10H2,1-3H3/t14-,15?,16+/m1/s1. The molecule has 0 aliphatic heterocycles. The number of ketones is 1. The summed E-state index contributed by atoms with van der Waals surface area (Å²) in [5.41, 5.74) is 1.13. The van der Waals surface area contributed by atoms with Crippen LogP contribution in [0.25, 0.3) is 0 Å². The van der Waals surface area contributed by atoms with Crippen LogP contribution in [0, 0.1) is 11.8 Å². The highest BCUT2D eigenvalue weighted by Gasteiger charge is 2.32. The topological polar surface area (TPSA) is 57.5 Å². The molecule has 106 valence electrons. The Bertz CT molecular complexity index is 386. The van der Waals surface area contributed by atoms with Crippen LogP contribution >= 0.6 is 0 Å². The number of Topliss-reactive ketones (excluding diaryl/α,β-unsaturated/α-hetero) is 1. The summed E-state index contributed by atoms with van der Waals surface area (Å²) in [6, 6.07) is 9.84. The van der Waals surface area contributed by atoms with E-state index in [1.54, 1.807) is 0 Å². The summed E-state index contributed by atoms with van der Waals surface area (Å²) in [5, 5.41) is 20.2. The van der Waals surface area contributed by atoms with E-state index >= 15 is 0 Å². The van der Waals surface area contributed by atoms with Gasteiger partial charge in [-0.1, -0.05) is 44.2 Å². The fourth-order valence-corrected chi connectivity index (χ4v) is 2.29. The highest BCUT2D eigenvalue weighted by atomic mass is 16.3. The van der Waals surface area contributed by atoms with Crippen LogP contribution in [0.2, 0.25) is 0 Å². The lowest BCUT2D eigenvalue weighted by Crippen LogP contribution is -2.40. The van der Waals surface area contributed by atoms with Gasteiger partial charge in [-0.15, -0.1) is 0 Å². The van der Waals surface area contributed by atoms with E-state index in [9.17, 15) is 15.0 Å². The minimum absolute atomic E-state index is 0.0414. The van der Waals surface area contributed by atoms with Gasteiger partial charge in [-0.25, -0.2) is 0 Å². The van der Waals surface area contributed by atoms with Crippen molar-refractivity contribution in [2.24, 2.45) is 11.8 Å². The molecule has 0 saturated carbocycles. The minimum Gasteiger partial charge on any atom is -0.392 e. The van der Waals surface area contributed by atoms with E-state index < -0.39 is 18.1 Å². The van der Waals surface area contributed by atoms with Crippen LogP contribution in [0.4, 0.5) is 0 Å². The molecule has 1 aromatic rings. The molecule has 0 spiro atoms. The van der Waals surface area contributed by atoms with E-state index in [2.05, 4.69) is 0 Å². The first kappa shape index (κ1) is 15.9. The Morgan fingerprint density at radius 2 is 1.74 bits per heavy atom. The minimum atomic E-state index is -0.796. The van der Waals surface area contributed by atoms with Gasteiger partial charge in [0.15, 0.2) is 0 Å². The number of benzene rings is 1. The summed E-state index contributed by atoms with van der Waals surface area (Å²) in [5.74, 6) is -0.884. The summed E-state index contributed by atoms with van der Waals surface area (Å²) in [6.45, 7) is 5.14. The van der Waals surface area contributed by atoms with Gasteiger partial charge < -0.3 is 10.2 Å². The van der Waals surface area contributed by atoms with Gasteiger partial charge in [0, 0.05) is 0 Å². The van der Waals surface area contributed by atoms with Crippen molar-refractivity contribution in [2.45, 2.75) is 45.8 Å². The normalized spacial score (nSPS) is 16.1. The Morgan fingerprint density at radius 1 is 1.16 bits per heavy atom. The first-order valence-corrected chi connectivity index (χ1v) is 6.84. The van der Waals surface area contributed by atoms with E-state index in [0.717, 1.165) is 5.56 Å². The molecule has 0 fully saturated rings. The van der Waals surface area contributed by atoms with Gasteiger partial charge in [0.2, 0.25) is 0 Å². The molecular formula is C16H24O3. The number of hydrogen-bond acceptors (Lipinski definition) is 3. The molecule has 1 rings (SSSR count). The van der Waals surface area contributed by atoms with Crippen molar-refractivity contribution in [3.05, 3.63) is 35.9 Å². The van der Waals surface area contributed by atoms with E-state index in [4.69, 9.17) is 0 Å². The molecule has 0 heterocycles. The van der Waals surface area contributed by atoms with E-state index in [0.29, 0.717) is 12.8 Å². The van der Waals surface area contributed by atoms with E-state index in [1.165, 1.54) is 6.92 Å². The molecule has 3 atom stereocenters. The second kappa shape index (κ2) is 7.41. The molecule has 1 aromatic carbocycles. The molecule has 2 N–H and O–H groups in total. The van der Waals surface area contributed by atoms with Crippen LogP contribution in [0.1, 0.15) is 32.8 Å². The lowest BCUT2D eigenvalue weighted by atomic mass is 9.84. The Morgan fingerprint density at radius 3 is 2.21 bits per heavy atom. The molecule has 3 heteroatoms. The van der Waals surface area contributed by atoms with Gasteiger partial charge in [0.25, 0.3) is 0 Å². The summed E-state index contributed by atoms with van der Waals surface area (Å²) in [4.78, 5) is 11.6. The van der Waals surface area contributed by atoms with Gasteiger partial charge >= 0.3 is 0 Å². The smallest absolute Gasteiger partial charge is 0.138 e. The summed E-state index contributed by atoms with van der Waals surface area (Å²) >= 11 is 0. The third-order valence-corrected chi connectivity index (χ3v) is 3.51. The van der Waals surface area contributed by atoms with Gasteiger partial charge in [-0.05, 0) is 31.2 Å². The third kappa shape index (κ3) is 4.77. The zero-order chi connectivity index (χ0) is 14.4. The van der Waals surface area contributed by atoms with Gasteiger partial charge in [0.1, 0.15) is 5.78 Å². The average molecular weight is 264 g/mol. The van der Waals surface area contributed by atoms with E-state index in [1.807, 2.05) is 44.2 Å². The van der Waals surface area contributed by atoms with Crippen LogP contribution in [0.3, 0.4) is 0 Å². The largest absolute Gasteiger partial charge is 0.392 e. The van der Waals surface area contributed by atoms with Gasteiger partial charge in [0.05, 0.1) is 18.1 Å². The molecule has 0 saturated heterocycles. The number of hydrogen-bond donors (Lipinski definition) is 2. The number of aliphatic hydroxyl groups excluding tert-OH is 2. The van der Waals surface area contributed by atoms with Crippen molar-refractivity contribution < 1.29 is 15.0 Å². The Hall–Kier alpha value is -1.19. The predicted octanol–water partition coefficient (Wildman–Crippen LogP) is 2.20. The Kier molecular flexibility index (Phi) is 6.19. The van der Waals surface area contributed by atoms with Crippen LogP contribution in [0.5, 0.6) is 0 Å². The maximum absolute atomic E-state index is 11.6. The Labute approximate surface area is 115 Å².